The molecule has 7 heteroatoms. The van der Waals surface area contributed by atoms with Crippen molar-refractivity contribution in [3.63, 3.8) is 0 Å². The lowest BCUT2D eigenvalue weighted by atomic mass is 9.80. The Kier molecular flexibility index (Phi) is 6.30. The number of phenols is 1. The van der Waals surface area contributed by atoms with Crippen LogP contribution in [0.2, 0.25) is 0 Å². The topological polar surface area (TPSA) is 91.6 Å². The highest BCUT2D eigenvalue weighted by molar-refractivity contribution is 5.98. The van der Waals surface area contributed by atoms with E-state index in [9.17, 15) is 19.8 Å². The molecule has 0 aliphatic heterocycles. The van der Waals surface area contributed by atoms with Gasteiger partial charge in [-0.2, -0.15) is 0 Å². The van der Waals surface area contributed by atoms with Crippen LogP contribution in [0.15, 0.2) is 47.3 Å². The lowest BCUT2D eigenvalue weighted by Gasteiger charge is -2.35. The highest BCUT2D eigenvalue weighted by Crippen LogP contribution is 2.42. The van der Waals surface area contributed by atoms with Crippen LogP contribution in [0, 0.1) is 17.2 Å². The molecule has 1 atom stereocenters. The zero-order valence-corrected chi connectivity index (χ0v) is 18.9. The summed E-state index contributed by atoms with van der Waals surface area (Å²) >= 11 is 0. The molecule has 6 nitrogen and oxygen atoms in total. The third-order valence-electron chi connectivity index (χ3n) is 5.39. The van der Waals surface area contributed by atoms with Gasteiger partial charge < -0.3 is 20.1 Å². The van der Waals surface area contributed by atoms with Crippen molar-refractivity contribution in [1.82, 2.24) is 9.88 Å². The van der Waals surface area contributed by atoms with Gasteiger partial charge in [-0.15, -0.1) is 0 Å². The van der Waals surface area contributed by atoms with E-state index < -0.39 is 23.4 Å². The molecule has 2 aromatic carbocycles. The highest BCUT2D eigenvalue weighted by Gasteiger charge is 2.35. The number of carbonyl (C=O) groups is 1. The zero-order valence-electron chi connectivity index (χ0n) is 18.9. The fourth-order valence-corrected chi connectivity index (χ4v) is 4.07. The number of rotatable bonds is 5. The summed E-state index contributed by atoms with van der Waals surface area (Å²) in [6, 6.07) is 9.73. The van der Waals surface area contributed by atoms with Crippen LogP contribution in [0.5, 0.6) is 5.75 Å². The van der Waals surface area contributed by atoms with Crippen LogP contribution < -0.4 is 10.9 Å². The summed E-state index contributed by atoms with van der Waals surface area (Å²) in [6.45, 7) is 9.80. The second kappa shape index (κ2) is 8.65. The van der Waals surface area contributed by atoms with E-state index in [0.29, 0.717) is 28.6 Å². The van der Waals surface area contributed by atoms with E-state index in [1.807, 2.05) is 34.6 Å². The lowest BCUT2D eigenvalue weighted by molar-refractivity contribution is 0.172. The number of pyridine rings is 1. The van der Waals surface area contributed by atoms with Crippen LogP contribution in [-0.2, 0) is 6.54 Å². The number of hydrogen-bond donors (Lipinski definition) is 3. The normalized spacial score (nSPS) is 12.8. The van der Waals surface area contributed by atoms with E-state index in [1.165, 1.54) is 24.3 Å². The molecule has 0 fully saturated rings. The molecule has 0 radical (unpaired) electrons. The molecule has 0 aliphatic rings. The fraction of sp³-hybridized carbons (Fsp3) is 0.360. The van der Waals surface area contributed by atoms with Crippen molar-refractivity contribution in [3.8, 4) is 16.9 Å². The van der Waals surface area contributed by atoms with Crippen molar-refractivity contribution in [2.75, 3.05) is 0 Å². The van der Waals surface area contributed by atoms with Crippen LogP contribution >= 0.6 is 0 Å². The predicted octanol–water partition coefficient (Wildman–Crippen LogP) is 5.52. The summed E-state index contributed by atoms with van der Waals surface area (Å²) in [5.74, 6) is -0.503. The molecule has 32 heavy (non-hydrogen) atoms. The standard InChI is InChI=1S/C25H29FN2O4/c1-14(2)13-28-21(22(25(3,4)5)27-24(31)32)20(17-8-6-7-9-19(17)26)18-12-15(29)10-11-16(18)23(28)30/h6-12,14,22,27,29H,13H2,1-5H3,(H,31,32). The Hall–Kier alpha value is -3.35. The molecular formula is C25H29FN2O4. The van der Waals surface area contributed by atoms with Crippen molar-refractivity contribution >= 4 is 16.9 Å². The molecule has 1 aromatic heterocycles. The molecule has 0 aliphatic carbocycles. The molecule has 0 bridgehead atoms. The van der Waals surface area contributed by atoms with Gasteiger partial charge in [-0.05, 0) is 35.6 Å². The van der Waals surface area contributed by atoms with Crippen molar-refractivity contribution in [1.29, 1.82) is 0 Å². The summed E-state index contributed by atoms with van der Waals surface area (Å²) in [4.78, 5) is 25.4. The van der Waals surface area contributed by atoms with Gasteiger partial charge in [0.15, 0.2) is 0 Å². The van der Waals surface area contributed by atoms with Crippen molar-refractivity contribution in [2.24, 2.45) is 11.3 Å². The fourth-order valence-electron chi connectivity index (χ4n) is 4.07. The summed E-state index contributed by atoms with van der Waals surface area (Å²) in [6.07, 6.45) is -1.25. The number of aromatic hydroxyl groups is 1. The minimum absolute atomic E-state index is 0.0689. The molecule has 0 saturated carbocycles. The quantitative estimate of drug-likeness (QED) is 0.487. The Labute approximate surface area is 186 Å². The number of nitrogens with zero attached hydrogens (tertiary/aromatic N) is 1. The van der Waals surface area contributed by atoms with E-state index in [4.69, 9.17) is 0 Å². The largest absolute Gasteiger partial charge is 0.508 e. The molecule has 170 valence electrons. The van der Waals surface area contributed by atoms with E-state index >= 15 is 4.39 Å². The molecular weight excluding hydrogens is 411 g/mol. The van der Waals surface area contributed by atoms with Gasteiger partial charge in [0.1, 0.15) is 11.6 Å². The van der Waals surface area contributed by atoms with E-state index in [2.05, 4.69) is 5.32 Å². The number of nitrogens with one attached hydrogen (secondary N) is 1. The molecule has 3 rings (SSSR count). The second-order valence-electron chi connectivity index (χ2n) is 9.53. The lowest BCUT2D eigenvalue weighted by Crippen LogP contribution is -2.40. The average Bonchev–Trinajstić information content (AvgIpc) is 2.68. The van der Waals surface area contributed by atoms with Crippen LogP contribution in [0.1, 0.15) is 46.4 Å². The van der Waals surface area contributed by atoms with Crippen LogP contribution in [0.25, 0.3) is 21.9 Å². The molecule has 0 spiro atoms. The summed E-state index contributed by atoms with van der Waals surface area (Å²) in [7, 11) is 0. The third kappa shape index (κ3) is 4.47. The minimum atomic E-state index is -1.25. The first-order valence-electron chi connectivity index (χ1n) is 10.6. The first kappa shape index (κ1) is 23.3. The number of amides is 1. The highest BCUT2D eigenvalue weighted by atomic mass is 19.1. The van der Waals surface area contributed by atoms with Crippen LogP contribution in [0.4, 0.5) is 9.18 Å². The summed E-state index contributed by atoms with van der Waals surface area (Å²) in [5, 5.41) is 23.1. The summed E-state index contributed by atoms with van der Waals surface area (Å²) in [5.41, 5.74) is 0.0423. The smallest absolute Gasteiger partial charge is 0.405 e. The number of phenolic OH excluding ortho intramolecular Hbond substituents is 1. The maximum Gasteiger partial charge on any atom is 0.405 e. The van der Waals surface area contributed by atoms with Gasteiger partial charge in [0, 0.05) is 28.4 Å². The second-order valence-corrected chi connectivity index (χ2v) is 9.53. The van der Waals surface area contributed by atoms with E-state index in [-0.39, 0.29) is 22.8 Å². The van der Waals surface area contributed by atoms with Gasteiger partial charge in [-0.25, -0.2) is 9.18 Å². The Balaban J connectivity index is 2.62. The van der Waals surface area contributed by atoms with Gasteiger partial charge in [-0.3, -0.25) is 4.79 Å². The van der Waals surface area contributed by atoms with E-state index in [0.717, 1.165) is 0 Å². The van der Waals surface area contributed by atoms with Crippen LogP contribution in [0.3, 0.4) is 0 Å². The molecule has 1 heterocycles. The molecule has 1 amide bonds. The number of halogens is 1. The van der Waals surface area contributed by atoms with Gasteiger partial charge in [0.05, 0.1) is 11.7 Å². The molecule has 1 unspecified atom stereocenters. The number of fused-ring (bicyclic) bond motifs is 1. The maximum absolute atomic E-state index is 15.1. The monoisotopic (exact) mass is 440 g/mol. The molecule has 3 N–H and O–H groups in total. The number of benzene rings is 2. The van der Waals surface area contributed by atoms with Crippen molar-refractivity contribution in [3.05, 3.63) is 64.3 Å². The van der Waals surface area contributed by atoms with Gasteiger partial charge in [0.25, 0.3) is 5.56 Å². The van der Waals surface area contributed by atoms with Crippen molar-refractivity contribution in [2.45, 2.75) is 47.2 Å². The first-order chi connectivity index (χ1) is 14.9. The van der Waals surface area contributed by atoms with Gasteiger partial charge >= 0.3 is 6.09 Å². The van der Waals surface area contributed by atoms with Gasteiger partial charge in [0.2, 0.25) is 0 Å². The minimum Gasteiger partial charge on any atom is -0.508 e. The third-order valence-corrected chi connectivity index (χ3v) is 5.39. The summed E-state index contributed by atoms with van der Waals surface area (Å²) < 4.78 is 16.7. The number of aromatic nitrogens is 1. The molecule has 3 aromatic rings. The Morgan fingerprint density at radius 1 is 1.12 bits per heavy atom. The predicted molar refractivity (Wildman–Crippen MR) is 123 cm³/mol. The van der Waals surface area contributed by atoms with Crippen molar-refractivity contribution < 1.29 is 19.4 Å². The first-order valence-corrected chi connectivity index (χ1v) is 10.6. The Morgan fingerprint density at radius 2 is 1.78 bits per heavy atom. The molecule has 0 saturated heterocycles. The van der Waals surface area contributed by atoms with E-state index in [1.54, 1.807) is 22.8 Å². The SMILES string of the molecule is CC(C)Cn1c(C(NC(=O)O)C(C)(C)C)c(-c2ccccc2F)c2cc(O)ccc2c1=O. The average molecular weight is 441 g/mol. The number of hydrogen-bond acceptors (Lipinski definition) is 3. The zero-order chi connectivity index (χ0) is 23.8. The van der Waals surface area contributed by atoms with Gasteiger partial charge in [-0.1, -0.05) is 52.8 Å². The van der Waals surface area contributed by atoms with Crippen LogP contribution in [-0.4, -0.2) is 20.9 Å². The number of carboxylic acid groups (broad SMARTS) is 1. The maximum atomic E-state index is 15.1. The Bertz CT molecular complexity index is 1230. The Morgan fingerprint density at radius 3 is 2.34 bits per heavy atom.